The number of primary sulfonamides is 1. The van der Waals surface area contributed by atoms with E-state index in [1.165, 1.54) is 25.1 Å². The highest BCUT2D eigenvalue weighted by molar-refractivity contribution is 7.89. The van der Waals surface area contributed by atoms with Crippen molar-refractivity contribution >= 4 is 26.8 Å². The molecule has 7 nitrogen and oxygen atoms in total. The van der Waals surface area contributed by atoms with Gasteiger partial charge in [0.15, 0.2) is 5.78 Å². The largest absolute Gasteiger partial charge is 0.489 e. The lowest BCUT2D eigenvalue weighted by molar-refractivity contribution is 0.101. The Balaban J connectivity index is 1.80. The van der Waals surface area contributed by atoms with Gasteiger partial charge in [-0.1, -0.05) is 12.1 Å². The second-order valence-corrected chi connectivity index (χ2v) is 7.24. The normalized spacial score (nSPS) is 11.5. The number of Topliss-reactive ketones (excluding diaryl/α,β-unsaturated/α-hetero) is 1. The second kappa shape index (κ2) is 6.74. The molecular formula is C18H15NO6S. The number of hydrogen-bond donors (Lipinski definition) is 1. The molecule has 0 bridgehead atoms. The maximum atomic E-state index is 11.8. The molecule has 3 aromatic rings. The van der Waals surface area contributed by atoms with Crippen LogP contribution in [0.2, 0.25) is 0 Å². The minimum atomic E-state index is -3.73. The van der Waals surface area contributed by atoms with E-state index in [0.717, 1.165) is 5.56 Å². The quantitative estimate of drug-likeness (QED) is 0.541. The van der Waals surface area contributed by atoms with Gasteiger partial charge in [0.25, 0.3) is 0 Å². The number of ketones is 1. The summed E-state index contributed by atoms with van der Waals surface area (Å²) in [5, 5.41) is 5.66. The Morgan fingerprint density at radius 2 is 1.81 bits per heavy atom. The first-order valence-corrected chi connectivity index (χ1v) is 9.12. The van der Waals surface area contributed by atoms with Crippen LogP contribution in [-0.4, -0.2) is 14.2 Å². The summed E-state index contributed by atoms with van der Waals surface area (Å²) in [6.07, 6.45) is 0. The Bertz CT molecular complexity index is 1150. The van der Waals surface area contributed by atoms with Crippen LogP contribution in [0.25, 0.3) is 11.0 Å². The van der Waals surface area contributed by atoms with Crippen LogP contribution in [0.4, 0.5) is 0 Å². The molecule has 1 heterocycles. The molecule has 0 fully saturated rings. The Hall–Kier alpha value is -2.97. The van der Waals surface area contributed by atoms with Crippen molar-refractivity contribution in [2.45, 2.75) is 18.4 Å². The summed E-state index contributed by atoms with van der Waals surface area (Å²) in [6, 6.07) is 12.4. The van der Waals surface area contributed by atoms with E-state index in [9.17, 15) is 18.0 Å². The van der Waals surface area contributed by atoms with E-state index in [1.54, 1.807) is 30.3 Å². The highest BCUT2D eigenvalue weighted by Gasteiger charge is 2.10. The van der Waals surface area contributed by atoms with E-state index in [2.05, 4.69) is 0 Å². The van der Waals surface area contributed by atoms with Gasteiger partial charge in [0, 0.05) is 11.5 Å². The molecule has 0 amide bonds. The zero-order valence-corrected chi connectivity index (χ0v) is 14.6. The SMILES string of the molecule is CC(=O)c1cc2ccc(OCc3ccc(S(N)(=O)=O)cc3)cc2oc1=O. The molecule has 0 aliphatic heterocycles. The van der Waals surface area contributed by atoms with Gasteiger partial charge in [-0.2, -0.15) is 0 Å². The average Bonchev–Trinajstić information content (AvgIpc) is 2.58. The standard InChI is InChI=1S/C18H15NO6S/c1-11(20)16-8-13-4-5-14(9-17(13)25-18(16)21)24-10-12-2-6-15(7-3-12)26(19,22)23/h2-9H,10H2,1H3,(H2,19,22,23). The number of benzene rings is 2. The summed E-state index contributed by atoms with van der Waals surface area (Å²) in [5.74, 6) is 0.107. The fourth-order valence-electron chi connectivity index (χ4n) is 2.37. The van der Waals surface area contributed by atoms with Gasteiger partial charge in [-0.3, -0.25) is 4.79 Å². The van der Waals surface area contributed by atoms with Crippen LogP contribution >= 0.6 is 0 Å². The zero-order chi connectivity index (χ0) is 18.9. The molecule has 3 rings (SSSR count). The maximum absolute atomic E-state index is 11.8. The van der Waals surface area contributed by atoms with Crippen molar-refractivity contribution in [3.05, 3.63) is 70.1 Å². The monoisotopic (exact) mass is 373 g/mol. The lowest BCUT2D eigenvalue weighted by Gasteiger charge is -2.08. The van der Waals surface area contributed by atoms with Gasteiger partial charge in [0.2, 0.25) is 10.0 Å². The molecule has 2 N–H and O–H groups in total. The summed E-state index contributed by atoms with van der Waals surface area (Å²) in [7, 11) is -3.73. The molecule has 134 valence electrons. The van der Waals surface area contributed by atoms with Crippen molar-refractivity contribution in [1.29, 1.82) is 0 Å². The zero-order valence-electron chi connectivity index (χ0n) is 13.8. The first-order chi connectivity index (χ1) is 12.2. The highest BCUT2D eigenvalue weighted by atomic mass is 32.2. The predicted octanol–water partition coefficient (Wildman–Crippen LogP) is 2.22. The van der Waals surface area contributed by atoms with Crippen molar-refractivity contribution in [1.82, 2.24) is 0 Å². The third-order valence-corrected chi connectivity index (χ3v) is 4.67. The van der Waals surface area contributed by atoms with Gasteiger partial charge in [-0.05, 0) is 42.8 Å². The number of carbonyl (C=O) groups excluding carboxylic acids is 1. The summed E-state index contributed by atoms with van der Waals surface area (Å²) in [6.45, 7) is 1.49. The molecule has 0 saturated carbocycles. The number of carbonyl (C=O) groups is 1. The van der Waals surface area contributed by atoms with E-state index < -0.39 is 15.6 Å². The first-order valence-electron chi connectivity index (χ1n) is 7.57. The van der Waals surface area contributed by atoms with Crippen molar-refractivity contribution in [2.75, 3.05) is 0 Å². The van der Waals surface area contributed by atoms with Gasteiger partial charge < -0.3 is 9.15 Å². The topological polar surface area (TPSA) is 117 Å². The molecule has 0 aliphatic carbocycles. The Labute approximate surface area is 149 Å². The molecule has 0 radical (unpaired) electrons. The van der Waals surface area contributed by atoms with E-state index in [-0.39, 0.29) is 22.8 Å². The van der Waals surface area contributed by atoms with Crippen LogP contribution in [0.3, 0.4) is 0 Å². The minimum Gasteiger partial charge on any atom is -0.489 e. The Kier molecular flexibility index (Phi) is 4.62. The van der Waals surface area contributed by atoms with Crippen molar-refractivity contribution in [2.24, 2.45) is 5.14 Å². The molecule has 0 spiro atoms. The van der Waals surface area contributed by atoms with E-state index in [0.29, 0.717) is 16.7 Å². The third kappa shape index (κ3) is 3.81. The number of hydrogen-bond acceptors (Lipinski definition) is 6. The van der Waals surface area contributed by atoms with E-state index in [4.69, 9.17) is 14.3 Å². The van der Waals surface area contributed by atoms with Crippen LogP contribution < -0.4 is 15.5 Å². The lowest BCUT2D eigenvalue weighted by atomic mass is 10.1. The van der Waals surface area contributed by atoms with Gasteiger partial charge >= 0.3 is 5.63 Å². The van der Waals surface area contributed by atoms with Gasteiger partial charge in [0.05, 0.1) is 4.90 Å². The smallest absolute Gasteiger partial charge is 0.347 e. The van der Waals surface area contributed by atoms with Gasteiger partial charge in [-0.25, -0.2) is 18.4 Å². The first kappa shape index (κ1) is 17.8. The van der Waals surface area contributed by atoms with Crippen LogP contribution in [0.15, 0.2) is 62.6 Å². The molecule has 26 heavy (non-hydrogen) atoms. The second-order valence-electron chi connectivity index (χ2n) is 5.68. The lowest BCUT2D eigenvalue weighted by Crippen LogP contribution is -2.12. The Morgan fingerprint density at radius 3 is 2.42 bits per heavy atom. The van der Waals surface area contributed by atoms with Crippen LogP contribution in [0.1, 0.15) is 22.8 Å². The molecule has 0 unspecified atom stereocenters. The number of nitrogens with two attached hydrogens (primary N) is 1. The van der Waals surface area contributed by atoms with Crippen molar-refractivity contribution < 1.29 is 22.4 Å². The minimum absolute atomic E-state index is 0.00103. The van der Waals surface area contributed by atoms with E-state index in [1.807, 2.05) is 0 Å². The number of sulfonamides is 1. The summed E-state index contributed by atoms with van der Waals surface area (Å²) >= 11 is 0. The molecule has 8 heteroatoms. The average molecular weight is 373 g/mol. The third-order valence-electron chi connectivity index (χ3n) is 3.74. The van der Waals surface area contributed by atoms with Crippen LogP contribution in [-0.2, 0) is 16.6 Å². The molecule has 0 saturated heterocycles. The van der Waals surface area contributed by atoms with Crippen molar-refractivity contribution in [3.63, 3.8) is 0 Å². The number of fused-ring (bicyclic) bond motifs is 1. The van der Waals surface area contributed by atoms with Crippen molar-refractivity contribution in [3.8, 4) is 5.75 Å². The van der Waals surface area contributed by atoms with Crippen LogP contribution in [0, 0.1) is 0 Å². The number of ether oxygens (including phenoxy) is 1. The van der Waals surface area contributed by atoms with E-state index >= 15 is 0 Å². The highest BCUT2D eigenvalue weighted by Crippen LogP contribution is 2.22. The van der Waals surface area contributed by atoms with Gasteiger partial charge in [-0.15, -0.1) is 0 Å². The molecule has 0 atom stereocenters. The Morgan fingerprint density at radius 1 is 1.12 bits per heavy atom. The fraction of sp³-hybridized carbons (Fsp3) is 0.111. The molecule has 1 aromatic heterocycles. The molecular weight excluding hydrogens is 358 g/mol. The molecule has 2 aromatic carbocycles. The molecule has 0 aliphatic rings. The fourth-order valence-corrected chi connectivity index (χ4v) is 2.88. The number of rotatable bonds is 5. The summed E-state index contributed by atoms with van der Waals surface area (Å²) in [5.41, 5.74) is 0.356. The summed E-state index contributed by atoms with van der Waals surface area (Å²) < 4.78 is 33.3. The summed E-state index contributed by atoms with van der Waals surface area (Å²) in [4.78, 5) is 23.2. The maximum Gasteiger partial charge on any atom is 0.347 e. The van der Waals surface area contributed by atoms with Crippen LogP contribution in [0.5, 0.6) is 5.75 Å². The van der Waals surface area contributed by atoms with Gasteiger partial charge in [0.1, 0.15) is 23.5 Å². The predicted molar refractivity (Wildman–Crippen MR) is 94.6 cm³/mol.